The lowest BCUT2D eigenvalue weighted by molar-refractivity contribution is -0.275. The third-order valence-corrected chi connectivity index (χ3v) is 18.2. The Labute approximate surface area is 353 Å². The molecule has 0 amide bonds. The number of rotatable bonds is 15. The minimum absolute atomic E-state index is 0.0915. The van der Waals surface area contributed by atoms with Gasteiger partial charge >= 0.3 is 0 Å². The van der Waals surface area contributed by atoms with Gasteiger partial charge in [-0.05, 0) is 111 Å². The number of hydrogen-bond acceptors (Lipinski definition) is 14. The molecule has 19 atom stereocenters. The number of ether oxygens (including phenoxy) is 5. The first-order chi connectivity index (χ1) is 28.3. The zero-order chi connectivity index (χ0) is 41.4. The number of piperidine rings is 1. The largest absolute Gasteiger partial charge is 0.394 e. The molecule has 5 N–H and O–H groups in total. The van der Waals surface area contributed by atoms with Crippen molar-refractivity contribution in [2.75, 3.05) is 19.8 Å². The maximum atomic E-state index is 10.4. The minimum atomic E-state index is -1.99. The Hall–Kier alpha value is -1.21. The summed E-state index contributed by atoms with van der Waals surface area (Å²) in [6.07, 6.45) is 9.43. The molecule has 9 rings (SSSR count). The van der Waals surface area contributed by atoms with E-state index < -0.39 is 60.6 Å². The standard InChI is InChI=1S/C44H70N4O10S/c1-23-7-10-32-24(2)35-33(48(32)19-23)18-31-29-9-8-26-17-28(11-13-43(26,4)30(29)12-14-44(31,35)5)54-16-6-15-47-20-27(45-46-47)22-55-41(39(52)53)56-34(21-49)25(3)59-42-37(51)36(50)38-40(57-38)58-42/h8,20,23-25,28-42,49-53H,6-7,9-19,21-22H2,1-5H3/t23-,24+,25-,28-,29?,30?,31?,32?,33?,34?,35?,36?,37?,38?,40?,41?,42?,43-,44-/m0/s1. The van der Waals surface area contributed by atoms with E-state index in [9.17, 15) is 25.5 Å². The Morgan fingerprint density at radius 2 is 1.86 bits per heavy atom. The van der Waals surface area contributed by atoms with Gasteiger partial charge in [-0.2, -0.15) is 0 Å². The number of epoxide rings is 1. The highest BCUT2D eigenvalue weighted by atomic mass is 32.2. The fourth-order valence-electron chi connectivity index (χ4n) is 13.8. The van der Waals surface area contributed by atoms with Gasteiger partial charge in [0.1, 0.15) is 29.4 Å². The molecule has 59 heavy (non-hydrogen) atoms. The average Bonchev–Trinajstić information content (AvgIpc) is 3.59. The van der Waals surface area contributed by atoms with Crippen LogP contribution in [0.2, 0.25) is 0 Å². The van der Waals surface area contributed by atoms with Crippen molar-refractivity contribution >= 4 is 11.8 Å². The van der Waals surface area contributed by atoms with Crippen LogP contribution in [-0.2, 0) is 36.8 Å². The lowest BCUT2D eigenvalue weighted by Crippen LogP contribution is -2.51. The summed E-state index contributed by atoms with van der Waals surface area (Å²) in [4.78, 5) is 3.01. The van der Waals surface area contributed by atoms with Crippen LogP contribution in [0, 0.1) is 46.3 Å². The van der Waals surface area contributed by atoms with Crippen LogP contribution in [0.5, 0.6) is 0 Å². The summed E-state index contributed by atoms with van der Waals surface area (Å²) in [6, 6.07) is 1.63. The summed E-state index contributed by atoms with van der Waals surface area (Å²) >= 11 is 1.15. The molecule has 0 spiro atoms. The van der Waals surface area contributed by atoms with Crippen molar-refractivity contribution in [2.24, 2.45) is 46.3 Å². The Kier molecular flexibility index (Phi) is 12.5. The molecule has 1 aromatic heterocycles. The quantitative estimate of drug-likeness (QED) is 0.0743. The maximum Gasteiger partial charge on any atom is 0.209 e. The van der Waals surface area contributed by atoms with Gasteiger partial charge in [-0.15, -0.1) is 16.9 Å². The number of hydrogen-bond donors (Lipinski definition) is 5. The van der Waals surface area contributed by atoms with Crippen molar-refractivity contribution in [3.05, 3.63) is 23.5 Å². The molecule has 14 nitrogen and oxygen atoms in total. The molecule has 8 aliphatic rings. The summed E-state index contributed by atoms with van der Waals surface area (Å²) in [5.41, 5.74) is 2.14. The van der Waals surface area contributed by atoms with Crippen LogP contribution in [0.25, 0.3) is 0 Å². The highest BCUT2D eigenvalue weighted by Crippen LogP contribution is 2.70. The van der Waals surface area contributed by atoms with E-state index in [4.69, 9.17) is 23.7 Å². The van der Waals surface area contributed by atoms with Gasteiger partial charge in [0.05, 0.1) is 31.6 Å². The summed E-state index contributed by atoms with van der Waals surface area (Å²) in [6.45, 7) is 14.2. The van der Waals surface area contributed by atoms with E-state index >= 15 is 0 Å². The third kappa shape index (κ3) is 8.02. The first-order valence-electron chi connectivity index (χ1n) is 22.8. The van der Waals surface area contributed by atoms with E-state index in [1.807, 2.05) is 0 Å². The zero-order valence-corrected chi connectivity index (χ0v) is 36.4. The summed E-state index contributed by atoms with van der Waals surface area (Å²) in [5.74, 6) is 5.03. The monoisotopic (exact) mass is 846 g/mol. The van der Waals surface area contributed by atoms with Crippen LogP contribution in [0.3, 0.4) is 0 Å². The van der Waals surface area contributed by atoms with Crippen molar-refractivity contribution in [3.63, 3.8) is 0 Å². The molecule has 15 heteroatoms. The van der Waals surface area contributed by atoms with Gasteiger partial charge in [-0.25, -0.2) is 0 Å². The Morgan fingerprint density at radius 1 is 1.03 bits per heavy atom. The molecular weight excluding hydrogens is 777 g/mol. The lowest BCUT2D eigenvalue weighted by atomic mass is 9.47. The third-order valence-electron chi connectivity index (χ3n) is 16.9. The fraction of sp³-hybridized carbons (Fsp3) is 0.909. The van der Waals surface area contributed by atoms with E-state index in [1.165, 1.54) is 51.5 Å². The SMILES string of the molecule is C[C@H]1CCC2[C@@H](C)C3C(CC4C5CC=C6C[C@@H](OCCCn7cc(COC(OC(CO)[C@H](C)SC8OC9OC9C(O)C8O)C(O)O)nn7)CC[C@]6(C)C5CC[C@@]43C)N2C1. The molecule has 4 saturated heterocycles. The first kappa shape index (κ1) is 43.1. The predicted molar refractivity (Wildman–Crippen MR) is 218 cm³/mol. The van der Waals surface area contributed by atoms with Gasteiger partial charge in [0.25, 0.3) is 0 Å². The topological polar surface area (TPSA) is 185 Å². The van der Waals surface area contributed by atoms with Crippen molar-refractivity contribution in [1.82, 2.24) is 19.9 Å². The van der Waals surface area contributed by atoms with Gasteiger partial charge in [-0.3, -0.25) is 9.58 Å². The van der Waals surface area contributed by atoms with Crippen LogP contribution in [0.15, 0.2) is 17.8 Å². The van der Waals surface area contributed by atoms with Crippen molar-refractivity contribution in [3.8, 4) is 0 Å². The molecule has 7 fully saturated rings. The number of aromatic nitrogens is 3. The van der Waals surface area contributed by atoms with E-state index in [1.54, 1.807) is 23.4 Å². The van der Waals surface area contributed by atoms with E-state index in [-0.39, 0.29) is 12.7 Å². The van der Waals surface area contributed by atoms with Crippen LogP contribution in [0.1, 0.15) is 105 Å². The number of thioether (sulfide) groups is 1. The number of aryl methyl sites for hydroxylation is 1. The van der Waals surface area contributed by atoms with E-state index in [0.29, 0.717) is 29.7 Å². The fourth-order valence-corrected chi connectivity index (χ4v) is 15.0. The van der Waals surface area contributed by atoms with Crippen LogP contribution >= 0.6 is 11.8 Å². The minimum Gasteiger partial charge on any atom is -0.394 e. The number of fused-ring (bicyclic) bond motifs is 10. The Balaban J connectivity index is 0.721. The molecule has 0 aromatic carbocycles. The summed E-state index contributed by atoms with van der Waals surface area (Å²) in [5, 5.41) is 58.5. The molecule has 13 unspecified atom stereocenters. The Morgan fingerprint density at radius 3 is 2.66 bits per heavy atom. The second-order valence-electron chi connectivity index (χ2n) is 20.2. The average molecular weight is 847 g/mol. The van der Waals surface area contributed by atoms with Crippen LogP contribution in [0.4, 0.5) is 0 Å². The van der Waals surface area contributed by atoms with Crippen LogP contribution in [-0.4, -0.2) is 137 Å². The Bertz CT molecular complexity index is 1650. The van der Waals surface area contributed by atoms with Gasteiger partial charge < -0.3 is 49.2 Å². The highest BCUT2D eigenvalue weighted by molar-refractivity contribution is 8.00. The van der Waals surface area contributed by atoms with Gasteiger partial charge in [0.2, 0.25) is 12.6 Å². The van der Waals surface area contributed by atoms with Gasteiger partial charge in [-0.1, -0.05) is 51.5 Å². The predicted octanol–water partition coefficient (Wildman–Crippen LogP) is 3.82. The molecule has 4 aliphatic heterocycles. The smallest absolute Gasteiger partial charge is 0.209 e. The second kappa shape index (κ2) is 17.1. The van der Waals surface area contributed by atoms with Crippen molar-refractivity contribution in [1.29, 1.82) is 0 Å². The van der Waals surface area contributed by atoms with Crippen molar-refractivity contribution in [2.45, 2.75) is 184 Å². The van der Waals surface area contributed by atoms with E-state index in [2.05, 4.69) is 49.0 Å². The second-order valence-corrected chi connectivity index (χ2v) is 21.7. The maximum absolute atomic E-state index is 10.4. The molecule has 0 radical (unpaired) electrons. The van der Waals surface area contributed by atoms with Crippen molar-refractivity contribution < 1.29 is 49.2 Å². The van der Waals surface area contributed by atoms with Gasteiger partial charge in [0.15, 0.2) is 6.29 Å². The number of nitrogens with zero attached hydrogens (tertiary/aromatic N) is 4. The highest BCUT2D eigenvalue weighted by Gasteiger charge is 2.66. The molecule has 4 aliphatic carbocycles. The number of aliphatic hydroxyl groups is 5. The first-order valence-corrected chi connectivity index (χ1v) is 23.8. The van der Waals surface area contributed by atoms with E-state index in [0.717, 1.165) is 78.6 Å². The summed E-state index contributed by atoms with van der Waals surface area (Å²) in [7, 11) is 0. The normalized spacial score (nSPS) is 45.4. The summed E-state index contributed by atoms with van der Waals surface area (Å²) < 4.78 is 30.5. The molecule has 1 aromatic rings. The zero-order valence-electron chi connectivity index (χ0n) is 35.6. The van der Waals surface area contributed by atoms with Gasteiger partial charge in [0, 0.05) is 37.0 Å². The molecule has 3 saturated carbocycles. The number of allylic oxidation sites excluding steroid dienone is 1. The lowest BCUT2D eigenvalue weighted by Gasteiger charge is -2.58. The molecule has 332 valence electrons. The molecular formula is C44H70N4O10S. The molecule has 5 heterocycles. The molecule has 0 bridgehead atoms. The van der Waals surface area contributed by atoms with Crippen LogP contribution < -0.4 is 0 Å². The number of aliphatic hydroxyl groups excluding tert-OH is 4.